The minimum absolute atomic E-state index is 0.0645. The molecule has 2 atom stereocenters. The van der Waals surface area contributed by atoms with Crippen LogP contribution in [0.3, 0.4) is 0 Å². The fourth-order valence-electron chi connectivity index (χ4n) is 4.64. The van der Waals surface area contributed by atoms with Gasteiger partial charge >= 0.3 is 5.97 Å². The van der Waals surface area contributed by atoms with E-state index in [0.29, 0.717) is 5.57 Å². The molecular formula is C24H21N7O7S2. The quantitative estimate of drug-likeness (QED) is 0.190. The van der Waals surface area contributed by atoms with Crippen molar-refractivity contribution < 1.29 is 29.3 Å². The zero-order chi connectivity index (χ0) is 28.6. The molecule has 1 unspecified atom stereocenters. The lowest BCUT2D eigenvalue weighted by Crippen LogP contribution is -2.46. The molecule has 14 nitrogen and oxygen atoms in total. The monoisotopic (exact) mass is 583 g/mol. The lowest BCUT2D eigenvalue weighted by Gasteiger charge is -2.26. The van der Waals surface area contributed by atoms with Crippen LogP contribution in [0.5, 0.6) is 0 Å². The SMILES string of the molecule is CO/N=C(\C(=O)N[C@H]1CN2CC(c3cccs3)=C(C(C(=O)O)c3ccc([N+](=O)[O-])cc3)N2C1=O)c1csc(N)n1. The Morgan fingerprint density at radius 1 is 1.30 bits per heavy atom. The molecule has 1 fully saturated rings. The number of aromatic nitrogens is 1. The van der Waals surface area contributed by atoms with Crippen LogP contribution in [0.4, 0.5) is 10.8 Å². The maximum Gasteiger partial charge on any atom is 0.317 e. The summed E-state index contributed by atoms with van der Waals surface area (Å²) in [6.07, 6.45) is 0. The number of aliphatic carboxylic acids is 1. The number of nitrogens with zero attached hydrogens (tertiary/aromatic N) is 5. The molecule has 2 amide bonds. The number of thiophene rings is 1. The molecule has 0 spiro atoms. The third-order valence-electron chi connectivity index (χ3n) is 6.30. The molecule has 5 rings (SSSR count). The number of fused-ring (bicyclic) bond motifs is 1. The lowest BCUT2D eigenvalue weighted by atomic mass is 9.92. The number of nitrogens with one attached hydrogen (secondary N) is 1. The van der Waals surface area contributed by atoms with Gasteiger partial charge in [0.1, 0.15) is 24.8 Å². The molecule has 2 aliphatic heterocycles. The van der Waals surface area contributed by atoms with Crippen molar-refractivity contribution in [2.75, 3.05) is 25.9 Å². The molecule has 4 heterocycles. The minimum atomic E-state index is -1.31. The summed E-state index contributed by atoms with van der Waals surface area (Å²) in [5.74, 6) is -3.82. The number of non-ortho nitro benzene ring substituents is 1. The summed E-state index contributed by atoms with van der Waals surface area (Å²) in [6.45, 7) is 0.279. The Kier molecular flexibility index (Phi) is 7.29. The van der Waals surface area contributed by atoms with E-state index in [4.69, 9.17) is 10.6 Å². The van der Waals surface area contributed by atoms with Crippen LogP contribution >= 0.6 is 22.7 Å². The van der Waals surface area contributed by atoms with E-state index in [1.54, 1.807) is 5.01 Å². The molecule has 0 saturated carbocycles. The van der Waals surface area contributed by atoms with Crippen molar-refractivity contribution in [2.24, 2.45) is 5.16 Å². The zero-order valence-corrected chi connectivity index (χ0v) is 22.3. The van der Waals surface area contributed by atoms with E-state index in [-0.39, 0.29) is 46.6 Å². The van der Waals surface area contributed by atoms with Crippen LogP contribution in [0, 0.1) is 10.1 Å². The van der Waals surface area contributed by atoms with E-state index >= 15 is 0 Å². The number of hydrogen-bond acceptors (Lipinski definition) is 12. The third kappa shape index (κ3) is 4.90. The van der Waals surface area contributed by atoms with Crippen LogP contribution in [-0.2, 0) is 19.2 Å². The number of nitro benzene ring substituents is 1. The fourth-order valence-corrected chi connectivity index (χ4v) is 5.96. The molecule has 16 heteroatoms. The van der Waals surface area contributed by atoms with Gasteiger partial charge in [0.15, 0.2) is 10.8 Å². The summed E-state index contributed by atoms with van der Waals surface area (Å²) in [5, 5.41) is 34.4. The molecule has 4 N–H and O–H groups in total. The number of nitrogens with two attached hydrogens (primary N) is 1. The zero-order valence-electron chi connectivity index (χ0n) is 20.7. The number of nitro groups is 1. The van der Waals surface area contributed by atoms with Gasteiger partial charge in [0.2, 0.25) is 0 Å². The molecular weight excluding hydrogens is 562 g/mol. The van der Waals surface area contributed by atoms with Crippen molar-refractivity contribution in [1.82, 2.24) is 20.3 Å². The van der Waals surface area contributed by atoms with Gasteiger partial charge in [-0.1, -0.05) is 23.4 Å². The van der Waals surface area contributed by atoms with Gasteiger partial charge in [0.25, 0.3) is 17.5 Å². The van der Waals surface area contributed by atoms with Crippen molar-refractivity contribution in [3.8, 4) is 0 Å². The van der Waals surface area contributed by atoms with E-state index in [2.05, 4.69) is 15.5 Å². The van der Waals surface area contributed by atoms with Gasteiger partial charge < -0.3 is 21.0 Å². The average molecular weight is 584 g/mol. The van der Waals surface area contributed by atoms with Crippen LogP contribution in [0.25, 0.3) is 5.57 Å². The first-order valence-corrected chi connectivity index (χ1v) is 13.4. The van der Waals surface area contributed by atoms with Crippen molar-refractivity contribution in [3.63, 3.8) is 0 Å². The lowest BCUT2D eigenvalue weighted by molar-refractivity contribution is -0.384. The van der Waals surface area contributed by atoms with E-state index < -0.39 is 34.7 Å². The molecule has 40 heavy (non-hydrogen) atoms. The number of oxime groups is 1. The number of rotatable bonds is 9. The molecule has 1 saturated heterocycles. The maximum absolute atomic E-state index is 13.7. The second kappa shape index (κ2) is 10.8. The Morgan fingerprint density at radius 2 is 2.05 bits per heavy atom. The molecule has 0 radical (unpaired) electrons. The number of benzene rings is 1. The Balaban J connectivity index is 1.49. The molecule has 0 aliphatic carbocycles. The number of nitrogen functional groups attached to an aromatic ring is 1. The second-order valence-electron chi connectivity index (χ2n) is 8.68. The molecule has 0 bridgehead atoms. The number of carbonyl (C=O) groups is 3. The van der Waals surface area contributed by atoms with E-state index in [0.717, 1.165) is 16.2 Å². The van der Waals surface area contributed by atoms with Crippen LogP contribution in [0.1, 0.15) is 22.1 Å². The summed E-state index contributed by atoms with van der Waals surface area (Å²) < 4.78 is 0. The molecule has 206 valence electrons. The standard InChI is InChI=1S/C24H21N7O7S2/c1-38-28-19(16-11-40-24(25)27-16)21(32)26-15-10-29-9-14(17-3-2-8-39-17)20(30(29)22(15)33)18(23(34)35)12-4-6-13(7-5-12)31(36)37/h2-8,11,15,18H,9-10H2,1H3,(H2,25,27)(H,26,32)(H,34,35)/b28-19-/t15-,18?/m0/s1. The highest BCUT2D eigenvalue weighted by Crippen LogP contribution is 2.43. The van der Waals surface area contributed by atoms with Crippen molar-refractivity contribution >= 4 is 62.6 Å². The van der Waals surface area contributed by atoms with Crippen LogP contribution in [0.15, 0.2) is 58.0 Å². The first kappa shape index (κ1) is 26.9. The number of hydrogen-bond donors (Lipinski definition) is 3. The predicted molar refractivity (Wildman–Crippen MR) is 145 cm³/mol. The number of hydrazine groups is 1. The normalized spacial score (nSPS) is 18.1. The Bertz CT molecular complexity index is 1550. The predicted octanol–water partition coefficient (Wildman–Crippen LogP) is 1.88. The first-order valence-electron chi connectivity index (χ1n) is 11.7. The average Bonchev–Trinajstić information content (AvgIpc) is 3.71. The smallest absolute Gasteiger partial charge is 0.317 e. The Morgan fingerprint density at radius 3 is 2.62 bits per heavy atom. The number of carbonyl (C=O) groups excluding carboxylic acids is 2. The van der Waals surface area contributed by atoms with Crippen molar-refractivity contribution in [2.45, 2.75) is 12.0 Å². The van der Waals surface area contributed by atoms with Gasteiger partial charge in [-0.3, -0.25) is 24.5 Å². The summed E-state index contributed by atoms with van der Waals surface area (Å²) in [5.41, 5.74) is 6.61. The highest BCUT2D eigenvalue weighted by molar-refractivity contribution is 7.13. The number of thiazole rings is 1. The van der Waals surface area contributed by atoms with E-state index in [1.807, 2.05) is 17.5 Å². The number of carboxylic acid groups (broad SMARTS) is 1. The van der Waals surface area contributed by atoms with Crippen LogP contribution in [-0.4, -0.2) is 74.8 Å². The topological polar surface area (TPSA) is 194 Å². The third-order valence-corrected chi connectivity index (χ3v) is 7.91. The minimum Gasteiger partial charge on any atom is -0.480 e. The van der Waals surface area contributed by atoms with Gasteiger partial charge in [0.05, 0.1) is 10.6 Å². The molecule has 1 aromatic carbocycles. The summed E-state index contributed by atoms with van der Waals surface area (Å²) in [6, 6.07) is 7.79. The van der Waals surface area contributed by atoms with Gasteiger partial charge in [-0.15, -0.1) is 22.7 Å². The van der Waals surface area contributed by atoms with Crippen LogP contribution < -0.4 is 11.1 Å². The summed E-state index contributed by atoms with van der Waals surface area (Å²) in [7, 11) is 1.26. The number of anilines is 1. The van der Waals surface area contributed by atoms with E-state index in [1.165, 1.54) is 53.1 Å². The van der Waals surface area contributed by atoms with Gasteiger partial charge in [-0.2, -0.15) is 0 Å². The van der Waals surface area contributed by atoms with Crippen molar-refractivity contribution in [1.29, 1.82) is 0 Å². The summed E-state index contributed by atoms with van der Waals surface area (Å²) >= 11 is 2.50. The van der Waals surface area contributed by atoms with Gasteiger partial charge in [-0.05, 0) is 17.0 Å². The summed E-state index contributed by atoms with van der Waals surface area (Å²) in [4.78, 5) is 59.7. The maximum atomic E-state index is 13.7. The van der Waals surface area contributed by atoms with Gasteiger partial charge in [-0.25, -0.2) is 15.0 Å². The van der Waals surface area contributed by atoms with E-state index in [9.17, 15) is 29.6 Å². The Hall–Kier alpha value is -4.67. The molecule has 2 aromatic heterocycles. The second-order valence-corrected chi connectivity index (χ2v) is 10.5. The van der Waals surface area contributed by atoms with Crippen molar-refractivity contribution in [3.05, 3.63) is 79.1 Å². The number of carboxylic acids is 1. The highest BCUT2D eigenvalue weighted by Gasteiger charge is 2.50. The first-order chi connectivity index (χ1) is 19.2. The van der Waals surface area contributed by atoms with Crippen LogP contribution in [0.2, 0.25) is 0 Å². The van der Waals surface area contributed by atoms with Gasteiger partial charge in [0, 0.05) is 41.1 Å². The molecule has 3 aromatic rings. The molecule has 2 aliphatic rings. The number of amides is 2. The largest absolute Gasteiger partial charge is 0.480 e. The highest BCUT2D eigenvalue weighted by atomic mass is 32.1. The fraction of sp³-hybridized carbons (Fsp3) is 0.208. The Labute approximate surface area is 234 Å².